The summed E-state index contributed by atoms with van der Waals surface area (Å²) in [5.41, 5.74) is 3.04. The number of hydrogen-bond donors (Lipinski definition) is 0. The van der Waals surface area contributed by atoms with E-state index in [0.29, 0.717) is 6.42 Å². The summed E-state index contributed by atoms with van der Waals surface area (Å²) in [5.74, 6) is 0.440. The van der Waals surface area contributed by atoms with Gasteiger partial charge in [-0.1, -0.05) is 18.2 Å². The minimum Gasteiger partial charge on any atom is -0.312 e. The van der Waals surface area contributed by atoms with Crippen LogP contribution in [0.2, 0.25) is 0 Å². The number of nitrogens with zero attached hydrogens (tertiary/aromatic N) is 2. The maximum atomic E-state index is 12.0. The Morgan fingerprint density at radius 2 is 2.15 bits per heavy atom. The van der Waals surface area contributed by atoms with Crippen LogP contribution in [0.3, 0.4) is 0 Å². The smallest absolute Gasteiger partial charge is 0.227 e. The first kappa shape index (κ1) is 13.1. The van der Waals surface area contributed by atoms with E-state index in [9.17, 15) is 4.79 Å². The van der Waals surface area contributed by atoms with Gasteiger partial charge < -0.3 is 4.90 Å². The molecular formula is C16H16N2OS. The highest BCUT2D eigenvalue weighted by Crippen LogP contribution is 2.28. The first-order valence-corrected chi connectivity index (χ1v) is 7.51. The van der Waals surface area contributed by atoms with E-state index in [0.717, 1.165) is 28.5 Å². The molecule has 3 nitrogen and oxygen atoms in total. The lowest BCUT2D eigenvalue weighted by Gasteiger charge is -2.16. The summed E-state index contributed by atoms with van der Waals surface area (Å²) >= 11 is 1.65. The number of anilines is 1. The molecule has 1 aliphatic heterocycles. The predicted octanol–water partition coefficient (Wildman–Crippen LogP) is 3.66. The van der Waals surface area contributed by atoms with E-state index < -0.39 is 0 Å². The van der Waals surface area contributed by atoms with E-state index in [1.807, 2.05) is 42.2 Å². The van der Waals surface area contributed by atoms with Crippen LogP contribution in [-0.2, 0) is 4.79 Å². The van der Waals surface area contributed by atoms with Gasteiger partial charge in [0.05, 0.1) is 10.7 Å². The Kier molecular flexibility index (Phi) is 3.40. The number of amides is 1. The van der Waals surface area contributed by atoms with Gasteiger partial charge in [0, 0.05) is 35.5 Å². The number of thiazole rings is 1. The third kappa shape index (κ3) is 2.39. The van der Waals surface area contributed by atoms with Gasteiger partial charge in [0.1, 0.15) is 0 Å². The number of rotatable bonds is 3. The van der Waals surface area contributed by atoms with Crippen LogP contribution < -0.4 is 4.90 Å². The van der Waals surface area contributed by atoms with E-state index in [1.165, 1.54) is 0 Å². The number of benzene rings is 1. The van der Waals surface area contributed by atoms with E-state index in [4.69, 9.17) is 0 Å². The van der Waals surface area contributed by atoms with Crippen molar-refractivity contribution >= 4 is 22.9 Å². The van der Waals surface area contributed by atoms with Crippen LogP contribution in [0.4, 0.5) is 5.69 Å². The molecule has 1 unspecified atom stereocenters. The van der Waals surface area contributed by atoms with Gasteiger partial charge in [-0.05, 0) is 19.1 Å². The summed E-state index contributed by atoms with van der Waals surface area (Å²) in [6.45, 7) is 6.51. The van der Waals surface area contributed by atoms with Gasteiger partial charge in [0.15, 0.2) is 0 Å². The molecule has 102 valence electrons. The molecule has 2 aromatic rings. The molecule has 2 heterocycles. The summed E-state index contributed by atoms with van der Waals surface area (Å²) in [7, 11) is 0. The molecule has 1 saturated heterocycles. The molecule has 0 N–H and O–H groups in total. The van der Waals surface area contributed by atoms with Crippen molar-refractivity contribution in [1.29, 1.82) is 0 Å². The Morgan fingerprint density at radius 1 is 1.40 bits per heavy atom. The summed E-state index contributed by atoms with van der Waals surface area (Å²) in [4.78, 5) is 18.3. The number of carbonyl (C=O) groups excluding carboxylic acids is 1. The largest absolute Gasteiger partial charge is 0.312 e. The molecule has 1 amide bonds. The van der Waals surface area contributed by atoms with Crippen LogP contribution in [0.15, 0.2) is 42.3 Å². The monoisotopic (exact) mass is 284 g/mol. The maximum Gasteiger partial charge on any atom is 0.227 e. The second-order valence-electron chi connectivity index (χ2n) is 5.00. The Balaban J connectivity index is 1.83. The molecular weight excluding hydrogens is 268 g/mol. The summed E-state index contributed by atoms with van der Waals surface area (Å²) in [6, 6.07) is 8.04. The quantitative estimate of drug-likeness (QED) is 0.806. The van der Waals surface area contributed by atoms with Gasteiger partial charge in [0.25, 0.3) is 0 Å². The van der Waals surface area contributed by atoms with E-state index >= 15 is 0 Å². The van der Waals surface area contributed by atoms with Crippen molar-refractivity contribution in [2.24, 2.45) is 5.92 Å². The standard InChI is InChI=1S/C16H16N2OS/c1-3-12-8-16(19)18(9-12)14-6-4-13(5-7-14)15-10-20-11(2)17-15/h3-7,10,12H,1,8-9H2,2H3. The molecule has 0 saturated carbocycles. The summed E-state index contributed by atoms with van der Waals surface area (Å²) in [6.07, 6.45) is 2.43. The van der Waals surface area contributed by atoms with Crippen LogP contribution in [0.25, 0.3) is 11.3 Å². The third-order valence-electron chi connectivity index (χ3n) is 3.58. The van der Waals surface area contributed by atoms with Crippen molar-refractivity contribution in [2.45, 2.75) is 13.3 Å². The molecule has 1 aromatic heterocycles. The highest BCUT2D eigenvalue weighted by Gasteiger charge is 2.28. The van der Waals surface area contributed by atoms with Crippen molar-refractivity contribution in [3.05, 3.63) is 47.3 Å². The van der Waals surface area contributed by atoms with E-state index in [2.05, 4.69) is 16.9 Å². The zero-order chi connectivity index (χ0) is 14.1. The molecule has 0 radical (unpaired) electrons. The first-order chi connectivity index (χ1) is 9.67. The van der Waals surface area contributed by atoms with Crippen LogP contribution in [-0.4, -0.2) is 17.4 Å². The summed E-state index contributed by atoms with van der Waals surface area (Å²) < 4.78 is 0. The lowest BCUT2D eigenvalue weighted by molar-refractivity contribution is -0.117. The van der Waals surface area contributed by atoms with Gasteiger partial charge in [-0.25, -0.2) is 4.98 Å². The lowest BCUT2D eigenvalue weighted by atomic mass is 10.1. The molecule has 3 rings (SSSR count). The fraction of sp³-hybridized carbons (Fsp3) is 0.250. The average Bonchev–Trinajstić information content (AvgIpc) is 3.05. The van der Waals surface area contributed by atoms with Crippen molar-refractivity contribution in [2.75, 3.05) is 11.4 Å². The number of carbonyl (C=O) groups is 1. The second kappa shape index (κ2) is 5.21. The van der Waals surface area contributed by atoms with E-state index in [-0.39, 0.29) is 11.8 Å². The van der Waals surface area contributed by atoms with Gasteiger partial charge >= 0.3 is 0 Å². The third-order valence-corrected chi connectivity index (χ3v) is 4.36. The Labute approximate surface area is 122 Å². The predicted molar refractivity (Wildman–Crippen MR) is 82.9 cm³/mol. The zero-order valence-corrected chi connectivity index (χ0v) is 12.2. The van der Waals surface area contributed by atoms with Crippen molar-refractivity contribution < 1.29 is 4.79 Å². The zero-order valence-electron chi connectivity index (χ0n) is 11.4. The van der Waals surface area contributed by atoms with Crippen molar-refractivity contribution in [1.82, 2.24) is 4.98 Å². The number of aromatic nitrogens is 1. The van der Waals surface area contributed by atoms with Crippen molar-refractivity contribution in [3.8, 4) is 11.3 Å². The van der Waals surface area contributed by atoms with Gasteiger partial charge in [-0.15, -0.1) is 17.9 Å². The SMILES string of the molecule is C=CC1CC(=O)N(c2ccc(-c3csc(C)n3)cc2)C1. The van der Waals surface area contributed by atoms with Gasteiger partial charge in [-0.2, -0.15) is 0 Å². The summed E-state index contributed by atoms with van der Waals surface area (Å²) in [5, 5.41) is 3.12. The molecule has 4 heteroatoms. The van der Waals surface area contributed by atoms with Crippen LogP contribution in [0.1, 0.15) is 11.4 Å². The molecule has 0 bridgehead atoms. The minimum absolute atomic E-state index is 0.173. The highest BCUT2D eigenvalue weighted by molar-refractivity contribution is 7.09. The Hall–Kier alpha value is -1.94. The average molecular weight is 284 g/mol. The van der Waals surface area contributed by atoms with Crippen molar-refractivity contribution in [3.63, 3.8) is 0 Å². The van der Waals surface area contributed by atoms with Gasteiger partial charge in [-0.3, -0.25) is 4.79 Å². The molecule has 0 aliphatic carbocycles. The lowest BCUT2D eigenvalue weighted by Crippen LogP contribution is -2.24. The Bertz CT molecular complexity index is 645. The first-order valence-electron chi connectivity index (χ1n) is 6.63. The molecule has 20 heavy (non-hydrogen) atoms. The van der Waals surface area contributed by atoms with Crippen LogP contribution in [0.5, 0.6) is 0 Å². The fourth-order valence-electron chi connectivity index (χ4n) is 2.45. The molecule has 1 aliphatic rings. The maximum absolute atomic E-state index is 12.0. The van der Waals surface area contributed by atoms with Crippen LogP contribution in [0, 0.1) is 12.8 Å². The normalized spacial score (nSPS) is 18.6. The fourth-order valence-corrected chi connectivity index (χ4v) is 3.07. The number of hydrogen-bond acceptors (Lipinski definition) is 3. The second-order valence-corrected chi connectivity index (χ2v) is 6.07. The molecule has 0 spiro atoms. The van der Waals surface area contributed by atoms with Crippen LogP contribution >= 0.6 is 11.3 Å². The minimum atomic E-state index is 0.173. The van der Waals surface area contributed by atoms with Gasteiger partial charge in [0.2, 0.25) is 5.91 Å². The molecule has 1 fully saturated rings. The Morgan fingerprint density at radius 3 is 2.70 bits per heavy atom. The highest BCUT2D eigenvalue weighted by atomic mass is 32.1. The molecule has 1 atom stereocenters. The topological polar surface area (TPSA) is 33.2 Å². The number of aryl methyl sites for hydroxylation is 1. The molecule has 1 aromatic carbocycles. The van der Waals surface area contributed by atoms with E-state index in [1.54, 1.807) is 11.3 Å².